The van der Waals surface area contributed by atoms with Crippen molar-refractivity contribution >= 4 is 18.7 Å². The minimum absolute atomic E-state index is 0.135. The van der Waals surface area contributed by atoms with E-state index >= 15 is 0 Å². The van der Waals surface area contributed by atoms with E-state index in [9.17, 15) is 13.6 Å². The molecule has 1 fully saturated rings. The molecule has 1 saturated heterocycles. The van der Waals surface area contributed by atoms with Crippen LogP contribution < -0.4 is 5.46 Å². The number of carbonyl (C=O) groups is 1. The van der Waals surface area contributed by atoms with E-state index in [1.54, 1.807) is 27.0 Å². The number of aromatic nitrogens is 2. The zero-order valence-corrected chi connectivity index (χ0v) is 23.2. The highest BCUT2D eigenvalue weighted by molar-refractivity contribution is 6.62. The molecule has 200 valence electrons. The van der Waals surface area contributed by atoms with E-state index in [2.05, 4.69) is 9.97 Å². The summed E-state index contributed by atoms with van der Waals surface area (Å²) in [6, 6.07) is 7.65. The van der Waals surface area contributed by atoms with Crippen molar-refractivity contribution in [2.45, 2.75) is 98.5 Å². The average molecular weight is 507 g/mol. The van der Waals surface area contributed by atoms with E-state index in [0.29, 0.717) is 11.5 Å². The van der Waals surface area contributed by atoms with Crippen molar-refractivity contribution in [3.8, 4) is 11.3 Å². The van der Waals surface area contributed by atoms with E-state index in [-0.39, 0.29) is 6.54 Å². The number of benzene rings is 1. The van der Waals surface area contributed by atoms with Gasteiger partial charge in [0.1, 0.15) is 11.4 Å². The molecule has 0 radical (unpaired) electrons. The Hall–Kier alpha value is -2.46. The fourth-order valence-electron chi connectivity index (χ4n) is 3.42. The van der Waals surface area contributed by atoms with Crippen molar-refractivity contribution in [2.24, 2.45) is 0 Å². The van der Waals surface area contributed by atoms with Gasteiger partial charge in [-0.05, 0) is 59.5 Å². The number of aromatic amines is 1. The summed E-state index contributed by atoms with van der Waals surface area (Å²) in [5.41, 5.74) is 0.786. The van der Waals surface area contributed by atoms with E-state index in [1.807, 2.05) is 65.8 Å². The Morgan fingerprint density at radius 2 is 1.58 bits per heavy atom. The topological polar surface area (TPSA) is 76.7 Å². The summed E-state index contributed by atoms with van der Waals surface area (Å²) in [7, 11) is -0.463. The summed E-state index contributed by atoms with van der Waals surface area (Å²) in [6.45, 7) is 16.9. The van der Waals surface area contributed by atoms with Gasteiger partial charge in [0, 0.05) is 6.92 Å². The molecule has 36 heavy (non-hydrogen) atoms. The minimum Gasteiger partial charge on any atom is -0.444 e. The fourth-order valence-corrected chi connectivity index (χ4v) is 3.42. The molecule has 0 unspecified atom stereocenters. The number of ether oxygens (including phenoxy) is 1. The summed E-state index contributed by atoms with van der Waals surface area (Å²) in [5, 5.41) is 0. The number of amides is 1. The first-order valence-corrected chi connectivity index (χ1v) is 12.3. The number of hydrogen-bond donors (Lipinski definition) is 1. The molecule has 0 atom stereocenters. The maximum absolute atomic E-state index is 13.7. The summed E-state index contributed by atoms with van der Waals surface area (Å²) in [5.74, 6) is -2.70. The number of H-pyrrole nitrogens is 1. The van der Waals surface area contributed by atoms with Crippen molar-refractivity contribution < 1.29 is 27.6 Å². The Labute approximate surface area is 214 Å². The lowest BCUT2D eigenvalue weighted by Gasteiger charge is -2.32. The molecule has 0 saturated carbocycles. The van der Waals surface area contributed by atoms with Crippen molar-refractivity contribution in [3.63, 3.8) is 0 Å². The lowest BCUT2D eigenvalue weighted by Crippen LogP contribution is -2.42. The molecule has 0 aliphatic carbocycles. The van der Waals surface area contributed by atoms with Crippen molar-refractivity contribution in [3.05, 3.63) is 36.3 Å². The molecule has 2 aromatic rings. The Morgan fingerprint density at radius 3 is 2.06 bits per heavy atom. The molecule has 1 aromatic carbocycles. The number of nitrogens with one attached hydrogen (secondary N) is 1. The number of imidazole rings is 1. The van der Waals surface area contributed by atoms with Gasteiger partial charge in [-0.3, -0.25) is 4.90 Å². The normalized spacial score (nSPS) is 16.8. The largest absolute Gasteiger partial charge is 0.494 e. The number of carbonyl (C=O) groups excluding carboxylic acids is 1. The third-order valence-electron chi connectivity index (χ3n) is 5.84. The molecule has 0 bridgehead atoms. The van der Waals surface area contributed by atoms with Gasteiger partial charge >= 0.3 is 13.2 Å². The SMILES string of the molecule is CC.CC(F)(F)CN(Cc1ncc(-c2ccc(B3OC(C)(C)C(C)(C)O3)cc2)[nH]1)C(=O)OC(C)(C)C. The van der Waals surface area contributed by atoms with Crippen LogP contribution in [0, 0.1) is 0 Å². The standard InChI is InChI=1S/C24H34BF2N3O4.C2H6/c1-21(2,3)32-20(31)30(15-24(8,26)27)14-19-28-13-18(29-19)16-9-11-17(12-10-16)25-33-22(4,5)23(6,7)34-25;1-2/h9-13H,14-15H2,1-8H3,(H,28,29);1-2H3. The Kier molecular flexibility index (Phi) is 9.00. The van der Waals surface area contributed by atoms with Crippen LogP contribution in [0.15, 0.2) is 30.5 Å². The van der Waals surface area contributed by atoms with Crippen molar-refractivity contribution in [2.75, 3.05) is 6.54 Å². The molecule has 3 rings (SSSR count). The number of hydrogen-bond acceptors (Lipinski definition) is 5. The molecule has 1 aromatic heterocycles. The molecule has 1 aliphatic rings. The second-order valence-electron chi connectivity index (χ2n) is 10.9. The molecule has 1 N–H and O–H groups in total. The van der Waals surface area contributed by atoms with Crippen LogP contribution >= 0.6 is 0 Å². The summed E-state index contributed by atoms with van der Waals surface area (Å²) in [6.07, 6.45) is 0.787. The molecule has 0 spiro atoms. The molecule has 2 heterocycles. The van der Waals surface area contributed by atoms with Gasteiger partial charge in [0.2, 0.25) is 0 Å². The van der Waals surface area contributed by atoms with Crippen LogP contribution in [0.25, 0.3) is 11.3 Å². The Bertz CT molecular complexity index is 995. The van der Waals surface area contributed by atoms with Gasteiger partial charge in [0.05, 0.1) is 36.2 Å². The maximum atomic E-state index is 13.7. The third kappa shape index (κ3) is 7.77. The highest BCUT2D eigenvalue weighted by Crippen LogP contribution is 2.36. The van der Waals surface area contributed by atoms with Gasteiger partial charge in [0.15, 0.2) is 0 Å². The predicted molar refractivity (Wildman–Crippen MR) is 138 cm³/mol. The van der Waals surface area contributed by atoms with Gasteiger partial charge in [-0.15, -0.1) is 0 Å². The maximum Gasteiger partial charge on any atom is 0.494 e. The zero-order valence-electron chi connectivity index (χ0n) is 23.2. The van der Waals surface area contributed by atoms with Crippen LogP contribution in [-0.2, 0) is 20.6 Å². The van der Waals surface area contributed by atoms with E-state index in [4.69, 9.17) is 14.0 Å². The van der Waals surface area contributed by atoms with Gasteiger partial charge in [-0.1, -0.05) is 38.1 Å². The monoisotopic (exact) mass is 507 g/mol. The second-order valence-corrected chi connectivity index (χ2v) is 10.9. The molecular formula is C26H40BF2N3O4. The van der Waals surface area contributed by atoms with E-state index in [0.717, 1.165) is 22.8 Å². The molecule has 1 aliphatic heterocycles. The van der Waals surface area contributed by atoms with Crippen LogP contribution in [0.5, 0.6) is 0 Å². The Morgan fingerprint density at radius 1 is 1.06 bits per heavy atom. The second kappa shape index (κ2) is 10.9. The van der Waals surface area contributed by atoms with E-state index < -0.39 is 42.5 Å². The van der Waals surface area contributed by atoms with Crippen LogP contribution in [0.3, 0.4) is 0 Å². The van der Waals surface area contributed by atoms with E-state index in [1.165, 1.54) is 0 Å². The summed E-state index contributed by atoms with van der Waals surface area (Å²) < 4.78 is 44.9. The molecule has 1 amide bonds. The number of alkyl halides is 2. The third-order valence-corrected chi connectivity index (χ3v) is 5.84. The quantitative estimate of drug-likeness (QED) is 0.501. The van der Waals surface area contributed by atoms with Gasteiger partial charge in [-0.25, -0.2) is 18.6 Å². The first-order chi connectivity index (χ1) is 16.5. The Balaban J connectivity index is 0.00000222. The molecule has 10 heteroatoms. The first-order valence-electron chi connectivity index (χ1n) is 12.3. The summed E-state index contributed by atoms with van der Waals surface area (Å²) >= 11 is 0. The average Bonchev–Trinajstić information content (AvgIpc) is 3.28. The summed E-state index contributed by atoms with van der Waals surface area (Å²) in [4.78, 5) is 20.8. The first kappa shape index (κ1) is 29.8. The smallest absolute Gasteiger partial charge is 0.444 e. The number of rotatable bonds is 6. The van der Waals surface area contributed by atoms with Crippen LogP contribution in [-0.4, -0.2) is 57.3 Å². The van der Waals surface area contributed by atoms with Gasteiger partial charge < -0.3 is 19.0 Å². The lowest BCUT2D eigenvalue weighted by atomic mass is 9.79. The predicted octanol–water partition coefficient (Wildman–Crippen LogP) is 5.79. The van der Waals surface area contributed by atoms with Gasteiger partial charge in [0.25, 0.3) is 5.92 Å². The zero-order chi connectivity index (χ0) is 27.5. The molecule has 7 nitrogen and oxygen atoms in total. The van der Waals surface area contributed by atoms with Crippen LogP contribution in [0.4, 0.5) is 13.6 Å². The highest BCUT2D eigenvalue weighted by atomic mass is 19.3. The van der Waals surface area contributed by atoms with Gasteiger partial charge in [-0.2, -0.15) is 0 Å². The van der Waals surface area contributed by atoms with Crippen LogP contribution in [0.1, 0.15) is 75.1 Å². The molecular weight excluding hydrogens is 467 g/mol. The number of halogens is 2. The van der Waals surface area contributed by atoms with Crippen molar-refractivity contribution in [1.29, 1.82) is 0 Å². The highest BCUT2D eigenvalue weighted by Gasteiger charge is 2.51. The van der Waals surface area contributed by atoms with Crippen molar-refractivity contribution in [1.82, 2.24) is 14.9 Å². The minimum atomic E-state index is -3.07. The fraction of sp³-hybridized carbons (Fsp3) is 0.615. The van der Waals surface area contributed by atoms with Crippen LogP contribution in [0.2, 0.25) is 0 Å². The lowest BCUT2D eigenvalue weighted by molar-refractivity contribution is -0.0324. The number of nitrogens with zero attached hydrogens (tertiary/aromatic N) is 2.